The number of para-hydroxylation sites is 1. The van der Waals surface area contributed by atoms with E-state index >= 15 is 0 Å². The molecule has 0 radical (unpaired) electrons. The summed E-state index contributed by atoms with van der Waals surface area (Å²) in [6.07, 6.45) is 3.38. The van der Waals surface area contributed by atoms with Crippen molar-refractivity contribution in [3.63, 3.8) is 0 Å². The number of allylic oxidation sites excluding steroid dienone is 1. The second-order valence-electron chi connectivity index (χ2n) is 2.99. The van der Waals surface area contributed by atoms with Gasteiger partial charge in [-0.25, -0.2) is 0 Å². The lowest BCUT2D eigenvalue weighted by Crippen LogP contribution is -2.35. The Hall–Kier alpha value is -1.39. The second-order valence-corrected chi connectivity index (χ2v) is 2.99. The van der Waals surface area contributed by atoms with Crippen LogP contribution in [0.3, 0.4) is 0 Å². The van der Waals surface area contributed by atoms with Crippen LogP contribution in [0.5, 0.6) is 5.75 Å². The first-order valence-corrected chi connectivity index (χ1v) is 4.58. The molecule has 0 N–H and O–H groups in total. The molecule has 0 amide bonds. The molecule has 1 rings (SSSR count). The molecule has 0 atom stereocenters. The molecule has 0 aliphatic carbocycles. The third kappa shape index (κ3) is 3.34. The molecule has 0 bridgehead atoms. The highest BCUT2D eigenvalue weighted by molar-refractivity contribution is 6.74. The molecule has 15 heavy (non-hydrogen) atoms. The van der Waals surface area contributed by atoms with Crippen LogP contribution in [0.25, 0.3) is 0 Å². The molecule has 1 aromatic rings. The second kappa shape index (κ2) is 4.91. The Bertz CT molecular complexity index is 347. The van der Waals surface area contributed by atoms with Crippen LogP contribution < -0.4 is 10.2 Å². The molecular weight excluding hydrogens is 204 g/mol. The van der Waals surface area contributed by atoms with Gasteiger partial charge in [-0.2, -0.15) is 0 Å². The Morgan fingerprint density at radius 1 is 1.27 bits per heavy atom. The van der Waals surface area contributed by atoms with Gasteiger partial charge in [0.1, 0.15) is 6.61 Å². The summed E-state index contributed by atoms with van der Waals surface area (Å²) in [5.41, 5.74) is -0.679. The van der Waals surface area contributed by atoms with E-state index in [1.165, 1.54) is 18.2 Å². The van der Waals surface area contributed by atoms with Crippen molar-refractivity contribution in [1.82, 2.24) is 0 Å². The largest absolute Gasteiger partial charge is 0.513 e. The molecule has 0 aromatic heterocycles. The van der Waals surface area contributed by atoms with E-state index in [0.29, 0.717) is 0 Å². The average Bonchev–Trinajstić information content (AvgIpc) is 2.17. The van der Waals surface area contributed by atoms with Gasteiger partial charge in [-0.3, -0.25) is 0 Å². The molecule has 1 nitrogen and oxygen atoms in total. The van der Waals surface area contributed by atoms with E-state index in [2.05, 4.69) is 0 Å². The van der Waals surface area contributed by atoms with Gasteiger partial charge in [-0.15, -0.1) is 0 Å². The van der Waals surface area contributed by atoms with E-state index in [1.54, 1.807) is 19.1 Å². The lowest BCUT2D eigenvalue weighted by atomic mass is 9.79. The van der Waals surface area contributed by atoms with Gasteiger partial charge < -0.3 is 17.7 Å². The topological polar surface area (TPSA) is 9.23 Å². The van der Waals surface area contributed by atoms with E-state index < -0.39 is 12.4 Å². The van der Waals surface area contributed by atoms with E-state index in [4.69, 9.17) is 4.74 Å². The highest BCUT2D eigenvalue weighted by Gasteiger charge is 2.28. The van der Waals surface area contributed by atoms with Crippen molar-refractivity contribution in [2.24, 2.45) is 0 Å². The van der Waals surface area contributed by atoms with Crippen LogP contribution in [0.1, 0.15) is 6.92 Å². The maximum Gasteiger partial charge on any atom is 0.513 e. The molecule has 1 aromatic carbocycles. The van der Waals surface area contributed by atoms with Crippen molar-refractivity contribution in [3.8, 4) is 5.75 Å². The van der Waals surface area contributed by atoms with E-state index in [-0.39, 0.29) is 12.4 Å². The lowest BCUT2D eigenvalue weighted by Gasteiger charge is -2.18. The predicted molar refractivity (Wildman–Crippen MR) is 55.5 cm³/mol. The summed E-state index contributed by atoms with van der Waals surface area (Å²) >= 11 is 0. The molecule has 0 saturated heterocycles. The molecule has 0 aliphatic heterocycles. The van der Waals surface area contributed by atoms with Gasteiger partial charge in [-0.1, -0.05) is 35.8 Å². The standard InChI is InChI=1S/C10H11BF3O/c1-2-3-8-15-10-7-5-4-6-9(10)11(12,13)14/h2-7H,8H2,1H3/q-1. The third-order valence-corrected chi connectivity index (χ3v) is 1.84. The minimum atomic E-state index is -5.01. The maximum absolute atomic E-state index is 12.5. The van der Waals surface area contributed by atoms with Gasteiger partial charge in [0.25, 0.3) is 0 Å². The zero-order valence-corrected chi connectivity index (χ0v) is 8.29. The van der Waals surface area contributed by atoms with Crippen LogP contribution in [0.15, 0.2) is 36.4 Å². The zero-order chi connectivity index (χ0) is 11.3. The molecule has 0 unspecified atom stereocenters. The van der Waals surface area contributed by atoms with Crippen LogP contribution >= 0.6 is 0 Å². The van der Waals surface area contributed by atoms with Crippen molar-refractivity contribution in [1.29, 1.82) is 0 Å². The maximum atomic E-state index is 12.5. The average molecular weight is 215 g/mol. The molecule has 0 heterocycles. The minimum Gasteiger partial charge on any atom is -0.493 e. The highest BCUT2D eigenvalue weighted by Crippen LogP contribution is 2.17. The molecule has 5 heteroatoms. The van der Waals surface area contributed by atoms with E-state index in [0.717, 1.165) is 6.07 Å². The van der Waals surface area contributed by atoms with Gasteiger partial charge in [0.2, 0.25) is 0 Å². The number of hydrogen-bond acceptors (Lipinski definition) is 1. The van der Waals surface area contributed by atoms with Crippen molar-refractivity contribution in [2.45, 2.75) is 6.92 Å². The van der Waals surface area contributed by atoms with Crippen LogP contribution in [0.2, 0.25) is 0 Å². The first-order chi connectivity index (χ1) is 7.05. The fourth-order valence-corrected chi connectivity index (χ4v) is 1.12. The quantitative estimate of drug-likeness (QED) is 0.554. The third-order valence-electron chi connectivity index (χ3n) is 1.84. The summed E-state index contributed by atoms with van der Waals surface area (Å²) in [6, 6.07) is 5.24. The molecule has 0 aliphatic rings. The van der Waals surface area contributed by atoms with Crippen LogP contribution in [-0.4, -0.2) is 13.6 Å². The van der Waals surface area contributed by atoms with Crippen molar-refractivity contribution in [3.05, 3.63) is 36.4 Å². The van der Waals surface area contributed by atoms with Gasteiger partial charge >= 0.3 is 6.98 Å². The Morgan fingerprint density at radius 3 is 2.53 bits per heavy atom. The van der Waals surface area contributed by atoms with Crippen LogP contribution in [0.4, 0.5) is 12.9 Å². The predicted octanol–water partition coefficient (Wildman–Crippen LogP) is 2.70. The van der Waals surface area contributed by atoms with Gasteiger partial charge in [0.05, 0.1) is 5.75 Å². The zero-order valence-electron chi connectivity index (χ0n) is 8.29. The first-order valence-electron chi connectivity index (χ1n) is 4.58. The summed E-state index contributed by atoms with van der Waals surface area (Å²) in [7, 11) is 0. The SMILES string of the molecule is CC=CCOc1ccccc1[B-](F)(F)F. The minimum absolute atomic E-state index is 0.108. The molecular formula is C10H11BF3O-. The Labute approximate surface area is 86.6 Å². The van der Waals surface area contributed by atoms with E-state index in [9.17, 15) is 12.9 Å². The Morgan fingerprint density at radius 2 is 1.93 bits per heavy atom. The molecule has 82 valence electrons. The summed E-state index contributed by atoms with van der Waals surface area (Å²) < 4.78 is 42.6. The van der Waals surface area contributed by atoms with Gasteiger partial charge in [-0.05, 0) is 13.0 Å². The number of hydrogen-bond donors (Lipinski definition) is 0. The normalized spacial score (nSPS) is 12.0. The Kier molecular flexibility index (Phi) is 3.83. The Balaban J connectivity index is 2.87. The fourth-order valence-electron chi connectivity index (χ4n) is 1.12. The number of benzene rings is 1. The highest BCUT2D eigenvalue weighted by atomic mass is 19.4. The monoisotopic (exact) mass is 215 g/mol. The van der Waals surface area contributed by atoms with Crippen LogP contribution in [-0.2, 0) is 0 Å². The smallest absolute Gasteiger partial charge is 0.493 e. The first kappa shape index (κ1) is 11.7. The number of halogens is 3. The number of ether oxygens (including phenoxy) is 1. The van der Waals surface area contributed by atoms with Crippen molar-refractivity contribution < 1.29 is 17.7 Å². The molecule has 0 saturated carbocycles. The number of rotatable bonds is 4. The molecule has 0 fully saturated rings. The van der Waals surface area contributed by atoms with Crippen molar-refractivity contribution in [2.75, 3.05) is 6.61 Å². The molecule has 0 spiro atoms. The van der Waals surface area contributed by atoms with Gasteiger partial charge in [0, 0.05) is 0 Å². The summed E-state index contributed by atoms with van der Waals surface area (Å²) in [6.45, 7) is -3.07. The fraction of sp³-hybridized carbons (Fsp3) is 0.200. The van der Waals surface area contributed by atoms with Crippen molar-refractivity contribution >= 4 is 12.4 Å². The van der Waals surface area contributed by atoms with Crippen LogP contribution in [0, 0.1) is 0 Å². The van der Waals surface area contributed by atoms with Gasteiger partial charge in [0.15, 0.2) is 0 Å². The lowest BCUT2D eigenvalue weighted by molar-refractivity contribution is 0.362. The van der Waals surface area contributed by atoms with E-state index in [1.807, 2.05) is 0 Å². The summed E-state index contributed by atoms with van der Waals surface area (Å²) in [5.74, 6) is -0.108. The summed E-state index contributed by atoms with van der Waals surface area (Å²) in [5, 5.41) is 0. The summed E-state index contributed by atoms with van der Waals surface area (Å²) in [4.78, 5) is 0.